The summed E-state index contributed by atoms with van der Waals surface area (Å²) >= 11 is 6.30. The third-order valence-corrected chi connectivity index (χ3v) is 5.99. The molecule has 2 aliphatic carbocycles. The number of nitrogens with one attached hydrogen (secondary N) is 2. The number of amidine groups is 1. The second-order valence-electron chi connectivity index (χ2n) is 7.44. The average Bonchev–Trinajstić information content (AvgIpc) is 3.30. The Balaban J connectivity index is 2.02. The van der Waals surface area contributed by atoms with Crippen LogP contribution in [-0.4, -0.2) is 29.1 Å². The fourth-order valence-electron chi connectivity index (χ4n) is 3.92. The number of halogens is 1. The molecule has 3 rings (SSSR count). The molecule has 124 valence electrons. The number of likely N-dealkylation sites (N-methyl/N-ethyl adjacent to an activating group) is 1. The first-order valence-electron chi connectivity index (χ1n) is 8.36. The van der Waals surface area contributed by atoms with Gasteiger partial charge in [-0.25, -0.2) is 4.98 Å². The van der Waals surface area contributed by atoms with E-state index >= 15 is 0 Å². The van der Waals surface area contributed by atoms with Crippen LogP contribution in [0.15, 0.2) is 12.1 Å². The smallest absolute Gasteiger partial charge is 0.129 e. The fourth-order valence-corrected chi connectivity index (χ4v) is 4.14. The zero-order valence-corrected chi connectivity index (χ0v) is 14.9. The summed E-state index contributed by atoms with van der Waals surface area (Å²) in [5.41, 5.74) is 2.25. The first-order valence-corrected chi connectivity index (χ1v) is 8.74. The molecule has 2 fully saturated rings. The molecule has 1 atom stereocenters. The molecule has 0 aliphatic heterocycles. The minimum Gasteiger partial charge on any atom is -0.324 e. The highest BCUT2D eigenvalue weighted by Crippen LogP contribution is 2.69. The van der Waals surface area contributed by atoms with E-state index < -0.39 is 0 Å². The first-order chi connectivity index (χ1) is 10.9. The van der Waals surface area contributed by atoms with Crippen LogP contribution >= 0.6 is 11.6 Å². The lowest BCUT2D eigenvalue weighted by Gasteiger charge is -2.50. The molecule has 1 spiro atoms. The van der Waals surface area contributed by atoms with E-state index in [1.165, 1.54) is 19.2 Å². The van der Waals surface area contributed by atoms with Gasteiger partial charge in [0.2, 0.25) is 0 Å². The maximum absolute atomic E-state index is 8.65. The normalized spacial score (nSPS) is 21.4. The second kappa shape index (κ2) is 5.59. The van der Waals surface area contributed by atoms with Gasteiger partial charge in [-0.15, -0.1) is 0 Å². The lowest BCUT2D eigenvalue weighted by molar-refractivity contribution is 0.174. The van der Waals surface area contributed by atoms with Crippen molar-refractivity contribution in [2.24, 2.45) is 5.41 Å². The molecule has 5 heteroatoms. The van der Waals surface area contributed by atoms with Gasteiger partial charge in [0, 0.05) is 12.7 Å². The van der Waals surface area contributed by atoms with Gasteiger partial charge in [0.05, 0.1) is 11.8 Å². The van der Waals surface area contributed by atoms with E-state index in [4.69, 9.17) is 22.4 Å². The van der Waals surface area contributed by atoms with Crippen LogP contribution in [0.2, 0.25) is 5.15 Å². The van der Waals surface area contributed by atoms with Gasteiger partial charge in [-0.05, 0) is 61.1 Å². The summed E-state index contributed by atoms with van der Waals surface area (Å²) in [6, 6.07) is 4.07. The van der Waals surface area contributed by atoms with Crippen LogP contribution < -0.4 is 0 Å². The standard InChI is InChI=1S/C18H25ClN4/c1-4-12(2)14-7-13(8-15(19)22-14)18(16(21)23(3)11-20)9-17(10-18)5-6-17/h7-8,11-12,20-21H,4-6,9-10H2,1-3H3. The number of aromatic nitrogens is 1. The summed E-state index contributed by atoms with van der Waals surface area (Å²) in [6.45, 7) is 4.31. The van der Waals surface area contributed by atoms with Gasteiger partial charge in [-0.2, -0.15) is 0 Å². The molecule has 4 nitrogen and oxygen atoms in total. The maximum atomic E-state index is 8.65. The first kappa shape index (κ1) is 16.4. The molecule has 0 radical (unpaired) electrons. The van der Waals surface area contributed by atoms with Crippen molar-refractivity contribution in [3.63, 3.8) is 0 Å². The predicted molar refractivity (Wildman–Crippen MR) is 94.8 cm³/mol. The van der Waals surface area contributed by atoms with Crippen LogP contribution in [0.5, 0.6) is 0 Å². The molecule has 1 unspecified atom stereocenters. The second-order valence-corrected chi connectivity index (χ2v) is 7.82. The summed E-state index contributed by atoms with van der Waals surface area (Å²) in [5, 5.41) is 16.7. The van der Waals surface area contributed by atoms with Crippen LogP contribution in [-0.2, 0) is 5.41 Å². The van der Waals surface area contributed by atoms with Crippen LogP contribution in [0, 0.1) is 16.2 Å². The van der Waals surface area contributed by atoms with E-state index in [1.54, 1.807) is 11.9 Å². The van der Waals surface area contributed by atoms with Crippen LogP contribution in [0.4, 0.5) is 0 Å². The average molecular weight is 333 g/mol. The molecular formula is C18H25ClN4. The molecule has 0 amide bonds. The molecule has 1 heterocycles. The highest BCUT2D eigenvalue weighted by Gasteiger charge is 2.63. The summed E-state index contributed by atoms with van der Waals surface area (Å²) in [6.07, 6.45) is 6.78. The number of pyridine rings is 1. The minimum atomic E-state index is -0.308. The van der Waals surface area contributed by atoms with Crippen molar-refractivity contribution >= 4 is 23.8 Å². The molecule has 1 aromatic rings. The van der Waals surface area contributed by atoms with Crippen molar-refractivity contribution in [1.82, 2.24) is 9.88 Å². The van der Waals surface area contributed by atoms with E-state index in [-0.39, 0.29) is 5.41 Å². The molecular weight excluding hydrogens is 308 g/mol. The Morgan fingerprint density at radius 3 is 2.61 bits per heavy atom. The van der Waals surface area contributed by atoms with Gasteiger partial charge in [0.15, 0.2) is 0 Å². The third kappa shape index (κ3) is 2.67. The Labute approximate surface area is 143 Å². The lowest BCUT2D eigenvalue weighted by Crippen LogP contribution is -2.53. The lowest BCUT2D eigenvalue weighted by atomic mass is 9.55. The number of hydrogen-bond acceptors (Lipinski definition) is 3. The van der Waals surface area contributed by atoms with E-state index in [0.717, 1.165) is 30.5 Å². The number of rotatable bonds is 5. The molecule has 0 bridgehead atoms. The Morgan fingerprint density at radius 2 is 2.09 bits per heavy atom. The van der Waals surface area contributed by atoms with Crippen molar-refractivity contribution < 1.29 is 0 Å². The summed E-state index contributed by atoms with van der Waals surface area (Å²) in [4.78, 5) is 6.11. The van der Waals surface area contributed by atoms with Gasteiger partial charge in [0.1, 0.15) is 11.0 Å². The van der Waals surface area contributed by atoms with Crippen molar-refractivity contribution in [2.45, 2.75) is 57.3 Å². The fraction of sp³-hybridized carbons (Fsp3) is 0.611. The van der Waals surface area contributed by atoms with E-state index in [2.05, 4.69) is 24.9 Å². The largest absolute Gasteiger partial charge is 0.324 e. The van der Waals surface area contributed by atoms with Crippen molar-refractivity contribution in [2.75, 3.05) is 7.05 Å². The third-order valence-electron chi connectivity index (χ3n) is 5.79. The topological polar surface area (TPSA) is 63.8 Å². The Kier molecular flexibility index (Phi) is 3.99. The molecule has 2 saturated carbocycles. The maximum Gasteiger partial charge on any atom is 0.129 e. The molecule has 2 aliphatic rings. The Hall–Kier alpha value is -1.42. The van der Waals surface area contributed by atoms with Crippen molar-refractivity contribution in [3.8, 4) is 0 Å². The predicted octanol–water partition coefficient (Wildman–Crippen LogP) is 4.58. The van der Waals surface area contributed by atoms with Crippen molar-refractivity contribution in [3.05, 3.63) is 28.5 Å². The van der Waals surface area contributed by atoms with Crippen molar-refractivity contribution in [1.29, 1.82) is 10.8 Å². The Morgan fingerprint density at radius 1 is 1.43 bits per heavy atom. The summed E-state index contributed by atoms with van der Waals surface area (Å²) in [5.74, 6) is 0.858. The van der Waals surface area contributed by atoms with Crippen LogP contribution in [0.1, 0.15) is 63.1 Å². The molecule has 0 saturated heterocycles. The van der Waals surface area contributed by atoms with Gasteiger partial charge in [-0.1, -0.05) is 25.4 Å². The van der Waals surface area contributed by atoms with E-state index in [0.29, 0.717) is 22.3 Å². The molecule has 2 N–H and O–H groups in total. The zero-order valence-electron chi connectivity index (χ0n) is 14.1. The highest BCUT2D eigenvalue weighted by molar-refractivity contribution is 6.29. The van der Waals surface area contributed by atoms with Gasteiger partial charge in [-0.3, -0.25) is 10.8 Å². The van der Waals surface area contributed by atoms with E-state index in [9.17, 15) is 0 Å². The monoisotopic (exact) mass is 332 g/mol. The van der Waals surface area contributed by atoms with Gasteiger partial charge in [0.25, 0.3) is 0 Å². The van der Waals surface area contributed by atoms with E-state index in [1.807, 2.05) is 6.07 Å². The zero-order chi connectivity index (χ0) is 16.8. The molecule has 0 aromatic carbocycles. The van der Waals surface area contributed by atoms with Gasteiger partial charge < -0.3 is 4.90 Å². The number of hydrogen-bond donors (Lipinski definition) is 2. The summed E-state index contributed by atoms with van der Waals surface area (Å²) in [7, 11) is 1.79. The van der Waals surface area contributed by atoms with Crippen LogP contribution in [0.25, 0.3) is 0 Å². The summed E-state index contributed by atoms with van der Waals surface area (Å²) < 4.78 is 0. The molecule has 1 aromatic heterocycles. The SMILES string of the molecule is CCC(C)c1cc(C2(C(=N)N(C)C=N)CC3(CC3)C2)cc(Cl)n1. The Bertz CT molecular complexity index is 642. The number of nitrogens with zero attached hydrogens (tertiary/aromatic N) is 2. The quantitative estimate of drug-likeness (QED) is 0.471. The van der Waals surface area contributed by atoms with Crippen LogP contribution in [0.3, 0.4) is 0 Å². The van der Waals surface area contributed by atoms with Gasteiger partial charge >= 0.3 is 0 Å². The highest BCUT2D eigenvalue weighted by atomic mass is 35.5. The minimum absolute atomic E-state index is 0.308. The molecule has 23 heavy (non-hydrogen) atoms.